The Bertz CT molecular complexity index is 653. The Kier molecular flexibility index (Phi) is 6.73. The summed E-state index contributed by atoms with van der Waals surface area (Å²) in [5.74, 6) is -0.542. The van der Waals surface area contributed by atoms with Gasteiger partial charge in [-0.05, 0) is 45.2 Å². The minimum Gasteiger partial charge on any atom is -0.466 e. The summed E-state index contributed by atoms with van der Waals surface area (Å²) >= 11 is 0. The van der Waals surface area contributed by atoms with Crippen molar-refractivity contribution in [2.24, 2.45) is 5.92 Å². The monoisotopic (exact) mass is 345 g/mol. The highest BCUT2D eigenvalue weighted by Crippen LogP contribution is 2.20. The second kappa shape index (κ2) is 8.79. The number of ketones is 1. The van der Waals surface area contributed by atoms with Gasteiger partial charge in [-0.25, -0.2) is 0 Å². The Balaban J connectivity index is 1.90. The van der Waals surface area contributed by atoms with Gasteiger partial charge in [-0.2, -0.15) is 0 Å². The van der Waals surface area contributed by atoms with Crippen molar-refractivity contribution >= 4 is 17.7 Å². The third-order valence-corrected chi connectivity index (χ3v) is 4.65. The van der Waals surface area contributed by atoms with E-state index < -0.39 is 0 Å². The first-order valence-electron chi connectivity index (χ1n) is 8.97. The molecule has 0 aliphatic carbocycles. The van der Waals surface area contributed by atoms with Gasteiger partial charge >= 0.3 is 5.97 Å². The number of ether oxygens (including phenoxy) is 1. The quantitative estimate of drug-likeness (QED) is 0.587. The normalized spacial score (nSPS) is 17.2. The Morgan fingerprint density at radius 2 is 1.96 bits per heavy atom. The average Bonchev–Trinajstić information content (AvgIpc) is 2.61. The molecule has 1 amide bonds. The number of rotatable bonds is 6. The van der Waals surface area contributed by atoms with Crippen LogP contribution >= 0.6 is 0 Å². The SMILES string of the molecule is CCOC(=O)C1CCCN(C(=O)CCC(=O)c2cc(C)ccc2C)C1. The van der Waals surface area contributed by atoms with Crippen molar-refractivity contribution in [2.75, 3.05) is 19.7 Å². The molecule has 0 spiro atoms. The fourth-order valence-corrected chi connectivity index (χ4v) is 3.21. The number of benzene rings is 1. The van der Waals surface area contributed by atoms with Crippen molar-refractivity contribution in [1.29, 1.82) is 0 Å². The van der Waals surface area contributed by atoms with Gasteiger partial charge < -0.3 is 9.64 Å². The molecule has 136 valence electrons. The summed E-state index contributed by atoms with van der Waals surface area (Å²) in [6.45, 7) is 7.03. The number of nitrogens with zero attached hydrogens (tertiary/aromatic N) is 1. The van der Waals surface area contributed by atoms with Gasteiger partial charge in [0.1, 0.15) is 0 Å². The largest absolute Gasteiger partial charge is 0.466 e. The molecule has 1 heterocycles. The molecule has 1 unspecified atom stereocenters. The highest BCUT2D eigenvalue weighted by Gasteiger charge is 2.29. The molecular formula is C20H27NO4. The molecule has 1 aliphatic heterocycles. The van der Waals surface area contributed by atoms with Crippen molar-refractivity contribution < 1.29 is 19.1 Å². The fourth-order valence-electron chi connectivity index (χ4n) is 3.21. The van der Waals surface area contributed by atoms with Crippen molar-refractivity contribution in [1.82, 2.24) is 4.90 Å². The van der Waals surface area contributed by atoms with Gasteiger partial charge in [0.15, 0.2) is 5.78 Å². The van der Waals surface area contributed by atoms with Crippen LogP contribution in [-0.4, -0.2) is 42.3 Å². The lowest BCUT2D eigenvalue weighted by Gasteiger charge is -2.31. The number of piperidine rings is 1. The summed E-state index contributed by atoms with van der Waals surface area (Å²) < 4.78 is 5.06. The predicted molar refractivity (Wildman–Crippen MR) is 95.4 cm³/mol. The molecule has 0 radical (unpaired) electrons. The Hall–Kier alpha value is -2.17. The summed E-state index contributed by atoms with van der Waals surface area (Å²) in [6, 6.07) is 5.78. The minimum absolute atomic E-state index is 0.00602. The zero-order valence-corrected chi connectivity index (χ0v) is 15.3. The zero-order valence-electron chi connectivity index (χ0n) is 15.3. The van der Waals surface area contributed by atoms with Crippen LogP contribution in [0, 0.1) is 19.8 Å². The van der Waals surface area contributed by atoms with E-state index in [4.69, 9.17) is 4.74 Å². The van der Waals surface area contributed by atoms with Gasteiger partial charge in [-0.3, -0.25) is 14.4 Å². The molecule has 2 rings (SSSR count). The highest BCUT2D eigenvalue weighted by atomic mass is 16.5. The fraction of sp³-hybridized carbons (Fsp3) is 0.550. The molecule has 1 aromatic carbocycles. The number of likely N-dealkylation sites (tertiary alicyclic amines) is 1. The van der Waals surface area contributed by atoms with Crippen molar-refractivity contribution in [3.8, 4) is 0 Å². The van der Waals surface area contributed by atoms with E-state index in [1.807, 2.05) is 32.0 Å². The minimum atomic E-state index is -0.243. The standard InChI is InChI=1S/C20H27NO4/c1-4-25-20(24)16-6-5-11-21(13-16)19(23)10-9-18(22)17-12-14(2)7-8-15(17)3/h7-8,12,16H,4-6,9-11,13H2,1-3H3. The number of aryl methyl sites for hydroxylation is 2. The molecule has 1 aromatic rings. The van der Waals surface area contributed by atoms with Crippen LogP contribution in [0.3, 0.4) is 0 Å². The maximum atomic E-state index is 12.4. The van der Waals surface area contributed by atoms with E-state index in [1.165, 1.54) is 0 Å². The summed E-state index contributed by atoms with van der Waals surface area (Å²) in [5.41, 5.74) is 2.66. The zero-order chi connectivity index (χ0) is 18.4. The number of hydrogen-bond donors (Lipinski definition) is 0. The first kappa shape index (κ1) is 19.2. The van der Waals surface area contributed by atoms with Crippen LogP contribution in [-0.2, 0) is 14.3 Å². The Labute approximate surface area is 149 Å². The molecule has 0 saturated carbocycles. The molecule has 0 aromatic heterocycles. The molecule has 5 nitrogen and oxygen atoms in total. The molecular weight excluding hydrogens is 318 g/mol. The lowest BCUT2D eigenvalue weighted by atomic mass is 9.96. The van der Waals surface area contributed by atoms with E-state index in [0.29, 0.717) is 25.3 Å². The van der Waals surface area contributed by atoms with Crippen LogP contribution in [0.15, 0.2) is 18.2 Å². The number of carbonyl (C=O) groups excluding carboxylic acids is 3. The Morgan fingerprint density at radius 1 is 1.20 bits per heavy atom. The summed E-state index contributed by atoms with van der Waals surface area (Å²) in [4.78, 5) is 38.4. The average molecular weight is 345 g/mol. The second-order valence-corrected chi connectivity index (χ2v) is 6.67. The van der Waals surface area contributed by atoms with Gasteiger partial charge in [0.25, 0.3) is 0 Å². The molecule has 1 aliphatic rings. The van der Waals surface area contributed by atoms with Crippen LogP contribution in [0.4, 0.5) is 0 Å². The van der Waals surface area contributed by atoms with Gasteiger partial charge in [0.05, 0.1) is 12.5 Å². The molecule has 25 heavy (non-hydrogen) atoms. The summed E-state index contributed by atoms with van der Waals surface area (Å²) in [7, 11) is 0. The lowest BCUT2D eigenvalue weighted by Crippen LogP contribution is -2.42. The van der Waals surface area contributed by atoms with Gasteiger partial charge in [-0.15, -0.1) is 0 Å². The lowest BCUT2D eigenvalue weighted by molar-refractivity contribution is -0.151. The smallest absolute Gasteiger partial charge is 0.310 e. The van der Waals surface area contributed by atoms with Crippen LogP contribution < -0.4 is 0 Å². The van der Waals surface area contributed by atoms with Gasteiger partial charge in [0, 0.05) is 31.5 Å². The predicted octanol–water partition coefficient (Wildman–Crippen LogP) is 3.07. The summed E-state index contributed by atoms with van der Waals surface area (Å²) in [6.07, 6.45) is 1.93. The van der Waals surface area contributed by atoms with Crippen LogP contribution in [0.25, 0.3) is 0 Å². The Morgan fingerprint density at radius 3 is 2.68 bits per heavy atom. The van der Waals surface area contributed by atoms with E-state index in [9.17, 15) is 14.4 Å². The van der Waals surface area contributed by atoms with Crippen molar-refractivity contribution in [3.63, 3.8) is 0 Å². The van der Waals surface area contributed by atoms with Gasteiger partial charge in [-0.1, -0.05) is 17.7 Å². The van der Waals surface area contributed by atoms with Crippen molar-refractivity contribution in [2.45, 2.75) is 46.5 Å². The van der Waals surface area contributed by atoms with E-state index >= 15 is 0 Å². The molecule has 1 saturated heterocycles. The number of hydrogen-bond acceptors (Lipinski definition) is 4. The van der Waals surface area contributed by atoms with Gasteiger partial charge in [0.2, 0.25) is 5.91 Å². The first-order chi connectivity index (χ1) is 11.9. The van der Waals surface area contributed by atoms with E-state index in [1.54, 1.807) is 11.8 Å². The van der Waals surface area contributed by atoms with Crippen LogP contribution in [0.1, 0.15) is 54.1 Å². The third-order valence-electron chi connectivity index (χ3n) is 4.65. The van der Waals surface area contributed by atoms with Crippen LogP contribution in [0.2, 0.25) is 0 Å². The van der Waals surface area contributed by atoms with E-state index in [2.05, 4.69) is 0 Å². The topological polar surface area (TPSA) is 63.7 Å². The van der Waals surface area contributed by atoms with Crippen LogP contribution in [0.5, 0.6) is 0 Å². The molecule has 5 heteroatoms. The third kappa shape index (κ3) is 5.15. The molecule has 1 fully saturated rings. The van der Waals surface area contributed by atoms with E-state index in [0.717, 1.165) is 24.0 Å². The number of amides is 1. The first-order valence-corrected chi connectivity index (χ1v) is 8.97. The highest BCUT2D eigenvalue weighted by molar-refractivity contribution is 5.99. The number of esters is 1. The maximum absolute atomic E-state index is 12.4. The molecule has 0 bridgehead atoms. The number of Topliss-reactive ketones (excluding diaryl/α,β-unsaturated/α-hetero) is 1. The molecule has 1 atom stereocenters. The van der Waals surface area contributed by atoms with Crippen molar-refractivity contribution in [3.05, 3.63) is 34.9 Å². The second-order valence-electron chi connectivity index (χ2n) is 6.67. The van der Waals surface area contributed by atoms with E-state index in [-0.39, 0.29) is 36.4 Å². The summed E-state index contributed by atoms with van der Waals surface area (Å²) in [5, 5.41) is 0. The maximum Gasteiger partial charge on any atom is 0.310 e. The molecule has 0 N–H and O–H groups in total. The number of carbonyl (C=O) groups is 3.